The minimum absolute atomic E-state index is 0.517. The van der Waals surface area contributed by atoms with Crippen molar-refractivity contribution < 1.29 is 9.90 Å². The van der Waals surface area contributed by atoms with E-state index >= 15 is 0 Å². The maximum Gasteiger partial charge on any atom is 0.310 e. The highest BCUT2D eigenvalue weighted by Gasteiger charge is 2.13. The lowest BCUT2D eigenvalue weighted by molar-refractivity contribution is -0.138. The van der Waals surface area contributed by atoms with E-state index < -0.39 is 11.9 Å². The van der Waals surface area contributed by atoms with Gasteiger partial charge in [-0.15, -0.1) is 0 Å². The zero-order valence-corrected chi connectivity index (χ0v) is 9.93. The van der Waals surface area contributed by atoms with Crippen molar-refractivity contribution in [3.05, 3.63) is 47.2 Å². The first kappa shape index (κ1) is 11.7. The molecule has 1 atom stereocenters. The third-order valence-electron chi connectivity index (χ3n) is 2.60. The summed E-state index contributed by atoms with van der Waals surface area (Å²) >= 11 is 5.93. The summed E-state index contributed by atoms with van der Waals surface area (Å²) in [7, 11) is 0. The summed E-state index contributed by atoms with van der Waals surface area (Å²) in [6.07, 6.45) is 1.61. The molecule has 1 N–H and O–H groups in total. The Labute approximate surface area is 103 Å². The molecule has 1 heterocycles. The Kier molecular flexibility index (Phi) is 3.15. The van der Waals surface area contributed by atoms with Gasteiger partial charge in [-0.2, -0.15) is 5.10 Å². The number of benzene rings is 1. The van der Waals surface area contributed by atoms with Crippen molar-refractivity contribution >= 4 is 17.6 Å². The van der Waals surface area contributed by atoms with Gasteiger partial charge in [-0.3, -0.25) is 4.79 Å². The van der Waals surface area contributed by atoms with Gasteiger partial charge in [0, 0.05) is 0 Å². The fraction of sp³-hybridized carbons (Fsp3) is 0.167. The normalized spacial score (nSPS) is 12.4. The number of halogens is 1. The topological polar surface area (TPSA) is 55.1 Å². The van der Waals surface area contributed by atoms with Crippen molar-refractivity contribution in [3.63, 3.8) is 0 Å². The van der Waals surface area contributed by atoms with Crippen LogP contribution in [0.1, 0.15) is 18.4 Å². The van der Waals surface area contributed by atoms with Crippen LogP contribution in [0.2, 0.25) is 5.15 Å². The quantitative estimate of drug-likeness (QED) is 0.911. The van der Waals surface area contributed by atoms with Crippen LogP contribution in [0.5, 0.6) is 0 Å². The zero-order valence-electron chi connectivity index (χ0n) is 9.17. The summed E-state index contributed by atoms with van der Waals surface area (Å²) in [5.74, 6) is -1.35. The molecule has 1 aromatic heterocycles. The van der Waals surface area contributed by atoms with E-state index in [4.69, 9.17) is 16.7 Å². The Morgan fingerprint density at radius 2 is 2.00 bits per heavy atom. The van der Waals surface area contributed by atoms with Gasteiger partial charge in [0.15, 0.2) is 0 Å². The molecular formula is C12H11ClN2O2. The fourth-order valence-electron chi connectivity index (χ4n) is 1.52. The number of hydrogen-bond acceptors (Lipinski definition) is 2. The van der Waals surface area contributed by atoms with Gasteiger partial charge in [0.2, 0.25) is 0 Å². The summed E-state index contributed by atoms with van der Waals surface area (Å²) in [6.45, 7) is 1.65. The third kappa shape index (κ3) is 2.31. The molecular weight excluding hydrogens is 240 g/mol. The molecule has 4 nitrogen and oxygen atoms in total. The highest BCUT2D eigenvalue weighted by molar-refractivity contribution is 6.29. The van der Waals surface area contributed by atoms with E-state index in [2.05, 4.69) is 5.10 Å². The number of nitrogens with zero attached hydrogens (tertiary/aromatic N) is 2. The van der Waals surface area contributed by atoms with Gasteiger partial charge in [-0.25, -0.2) is 4.68 Å². The average molecular weight is 251 g/mol. The van der Waals surface area contributed by atoms with Crippen molar-refractivity contribution in [1.82, 2.24) is 9.78 Å². The summed E-state index contributed by atoms with van der Waals surface area (Å²) < 4.78 is 1.58. The number of aliphatic carboxylic acids is 1. The molecule has 88 valence electrons. The Bertz CT molecular complexity index is 534. The van der Waals surface area contributed by atoms with Crippen LogP contribution in [-0.4, -0.2) is 20.9 Å². The van der Waals surface area contributed by atoms with Crippen LogP contribution in [0.3, 0.4) is 0 Å². The molecule has 1 unspecified atom stereocenters. The molecule has 2 rings (SSSR count). The van der Waals surface area contributed by atoms with Crippen molar-refractivity contribution in [2.24, 2.45) is 0 Å². The standard InChI is InChI=1S/C12H11ClN2O2/c1-8(12(16)17)9-2-4-10(5-3-9)15-11(13)6-7-14-15/h2-8H,1H3,(H,16,17). The molecule has 0 bridgehead atoms. The van der Waals surface area contributed by atoms with E-state index in [1.807, 2.05) is 0 Å². The molecule has 5 heteroatoms. The summed E-state index contributed by atoms with van der Waals surface area (Å²) in [6, 6.07) is 8.83. The lowest BCUT2D eigenvalue weighted by atomic mass is 10.0. The van der Waals surface area contributed by atoms with Crippen molar-refractivity contribution in [1.29, 1.82) is 0 Å². The first-order valence-corrected chi connectivity index (χ1v) is 5.50. The molecule has 0 fully saturated rings. The predicted molar refractivity (Wildman–Crippen MR) is 64.6 cm³/mol. The number of carbonyl (C=O) groups is 1. The van der Waals surface area contributed by atoms with Gasteiger partial charge in [0.05, 0.1) is 17.8 Å². The van der Waals surface area contributed by atoms with Crippen LogP contribution in [0.25, 0.3) is 5.69 Å². The third-order valence-corrected chi connectivity index (χ3v) is 2.89. The highest BCUT2D eigenvalue weighted by Crippen LogP contribution is 2.19. The minimum atomic E-state index is -0.838. The van der Waals surface area contributed by atoms with Crippen molar-refractivity contribution in [2.75, 3.05) is 0 Å². The second-order valence-corrected chi connectivity index (χ2v) is 4.10. The molecule has 0 amide bonds. The van der Waals surface area contributed by atoms with Gasteiger partial charge in [0.1, 0.15) is 5.15 Å². The fourth-order valence-corrected chi connectivity index (χ4v) is 1.72. The molecule has 0 aliphatic rings. The van der Waals surface area contributed by atoms with Crippen LogP contribution in [0.4, 0.5) is 0 Å². The predicted octanol–water partition coefficient (Wildman–Crippen LogP) is 2.71. The van der Waals surface area contributed by atoms with Crippen LogP contribution < -0.4 is 0 Å². The van der Waals surface area contributed by atoms with E-state index in [-0.39, 0.29) is 0 Å². The van der Waals surface area contributed by atoms with Crippen LogP contribution >= 0.6 is 11.6 Å². The Balaban J connectivity index is 2.31. The van der Waals surface area contributed by atoms with E-state index in [0.717, 1.165) is 11.3 Å². The van der Waals surface area contributed by atoms with Gasteiger partial charge in [-0.1, -0.05) is 23.7 Å². The monoisotopic (exact) mass is 250 g/mol. The van der Waals surface area contributed by atoms with Crippen molar-refractivity contribution in [2.45, 2.75) is 12.8 Å². The van der Waals surface area contributed by atoms with Gasteiger partial charge in [0.25, 0.3) is 0 Å². The lowest BCUT2D eigenvalue weighted by Crippen LogP contribution is -2.07. The van der Waals surface area contributed by atoms with Crippen LogP contribution in [0.15, 0.2) is 36.5 Å². The van der Waals surface area contributed by atoms with Gasteiger partial charge >= 0.3 is 5.97 Å². The second kappa shape index (κ2) is 4.59. The number of aromatic nitrogens is 2. The SMILES string of the molecule is CC(C(=O)O)c1ccc(-n2nccc2Cl)cc1. The number of carboxylic acid groups (broad SMARTS) is 1. The molecule has 2 aromatic rings. The Morgan fingerprint density at radius 3 is 2.47 bits per heavy atom. The molecule has 0 radical (unpaired) electrons. The molecule has 0 aliphatic heterocycles. The molecule has 0 saturated carbocycles. The largest absolute Gasteiger partial charge is 0.481 e. The average Bonchev–Trinajstić information content (AvgIpc) is 2.74. The molecule has 0 aliphatic carbocycles. The van der Waals surface area contributed by atoms with Crippen LogP contribution in [-0.2, 0) is 4.79 Å². The van der Waals surface area contributed by atoms with E-state index in [9.17, 15) is 4.79 Å². The summed E-state index contributed by atoms with van der Waals surface area (Å²) in [4.78, 5) is 10.8. The maximum atomic E-state index is 10.8. The van der Waals surface area contributed by atoms with E-state index in [1.54, 1.807) is 48.1 Å². The Hall–Kier alpha value is -1.81. The lowest BCUT2D eigenvalue weighted by Gasteiger charge is -2.08. The smallest absolute Gasteiger partial charge is 0.310 e. The summed E-state index contributed by atoms with van der Waals surface area (Å²) in [5, 5.41) is 13.5. The first-order chi connectivity index (χ1) is 8.09. The second-order valence-electron chi connectivity index (χ2n) is 3.72. The Morgan fingerprint density at radius 1 is 1.35 bits per heavy atom. The molecule has 0 spiro atoms. The molecule has 1 aromatic carbocycles. The van der Waals surface area contributed by atoms with E-state index in [0.29, 0.717) is 5.15 Å². The number of rotatable bonds is 3. The minimum Gasteiger partial charge on any atom is -0.481 e. The summed E-state index contributed by atoms with van der Waals surface area (Å²) in [5.41, 5.74) is 1.56. The first-order valence-electron chi connectivity index (χ1n) is 5.12. The highest BCUT2D eigenvalue weighted by atomic mass is 35.5. The molecule has 0 saturated heterocycles. The van der Waals surface area contributed by atoms with Crippen LogP contribution in [0, 0.1) is 0 Å². The molecule has 17 heavy (non-hydrogen) atoms. The van der Waals surface area contributed by atoms with Crippen molar-refractivity contribution in [3.8, 4) is 5.69 Å². The zero-order chi connectivity index (χ0) is 12.4. The number of hydrogen-bond donors (Lipinski definition) is 1. The van der Waals surface area contributed by atoms with E-state index in [1.165, 1.54) is 0 Å². The van der Waals surface area contributed by atoms with Gasteiger partial charge < -0.3 is 5.11 Å². The number of carboxylic acids is 1. The van der Waals surface area contributed by atoms with Gasteiger partial charge in [-0.05, 0) is 30.7 Å². The maximum absolute atomic E-state index is 10.8.